The van der Waals surface area contributed by atoms with Crippen molar-refractivity contribution in [3.05, 3.63) is 35.4 Å². The topological polar surface area (TPSA) is 55.4 Å². The molecule has 0 heterocycles. The van der Waals surface area contributed by atoms with E-state index in [1.807, 2.05) is 0 Å². The summed E-state index contributed by atoms with van der Waals surface area (Å²) in [7, 11) is 1.15. The van der Waals surface area contributed by atoms with Crippen LogP contribution in [0.25, 0.3) is 0 Å². The molecule has 1 rings (SSSR count). The fraction of sp³-hybridized carbons (Fsp3) is 0.273. The van der Waals surface area contributed by atoms with Crippen molar-refractivity contribution >= 4 is 11.9 Å². The van der Waals surface area contributed by atoms with Gasteiger partial charge in [-0.3, -0.25) is 4.79 Å². The molecule has 0 spiro atoms. The van der Waals surface area contributed by atoms with E-state index in [2.05, 4.69) is 10.1 Å². The largest absolute Gasteiger partial charge is 0.467 e. The molecule has 1 aromatic carbocycles. The van der Waals surface area contributed by atoms with Crippen LogP contribution in [0.15, 0.2) is 18.2 Å². The van der Waals surface area contributed by atoms with Crippen molar-refractivity contribution < 1.29 is 23.1 Å². The van der Waals surface area contributed by atoms with Gasteiger partial charge >= 0.3 is 5.97 Å². The minimum Gasteiger partial charge on any atom is -0.467 e. The second-order valence-electron chi connectivity index (χ2n) is 3.31. The minimum absolute atomic E-state index is 0.699. The molecule has 92 valence electrons. The SMILES string of the molecule is COC(=O)[C@H](C)NC(=O)c1c(F)cccc1F. The van der Waals surface area contributed by atoms with Crippen LogP contribution in [0, 0.1) is 11.6 Å². The van der Waals surface area contributed by atoms with Crippen LogP contribution in [0.5, 0.6) is 0 Å². The number of hydrogen-bond acceptors (Lipinski definition) is 3. The Labute approximate surface area is 96.6 Å². The highest BCUT2D eigenvalue weighted by Crippen LogP contribution is 2.11. The van der Waals surface area contributed by atoms with Crippen molar-refractivity contribution in [2.75, 3.05) is 7.11 Å². The third-order valence-electron chi connectivity index (χ3n) is 2.09. The van der Waals surface area contributed by atoms with Crippen LogP contribution in [0.4, 0.5) is 8.78 Å². The predicted octanol–water partition coefficient (Wildman–Crippen LogP) is 1.26. The first-order valence-electron chi connectivity index (χ1n) is 4.80. The van der Waals surface area contributed by atoms with Gasteiger partial charge in [-0.05, 0) is 19.1 Å². The molecule has 1 atom stereocenters. The summed E-state index contributed by atoms with van der Waals surface area (Å²) in [4.78, 5) is 22.5. The van der Waals surface area contributed by atoms with E-state index in [1.54, 1.807) is 0 Å². The molecule has 6 heteroatoms. The molecule has 1 N–H and O–H groups in total. The molecule has 0 aromatic heterocycles. The molecule has 1 aromatic rings. The average Bonchev–Trinajstić information content (AvgIpc) is 2.27. The number of benzene rings is 1. The van der Waals surface area contributed by atoms with Gasteiger partial charge in [-0.1, -0.05) is 6.07 Å². The van der Waals surface area contributed by atoms with Gasteiger partial charge in [-0.15, -0.1) is 0 Å². The Balaban J connectivity index is 2.87. The number of carbonyl (C=O) groups excluding carboxylic acids is 2. The lowest BCUT2D eigenvalue weighted by Gasteiger charge is -2.12. The summed E-state index contributed by atoms with van der Waals surface area (Å²) >= 11 is 0. The first-order chi connectivity index (χ1) is 7.97. The molecule has 0 fully saturated rings. The van der Waals surface area contributed by atoms with Crippen LogP contribution >= 0.6 is 0 Å². The smallest absolute Gasteiger partial charge is 0.328 e. The highest BCUT2D eigenvalue weighted by molar-refractivity contribution is 5.97. The zero-order chi connectivity index (χ0) is 13.0. The lowest BCUT2D eigenvalue weighted by atomic mass is 10.1. The van der Waals surface area contributed by atoms with E-state index in [0.29, 0.717) is 0 Å². The monoisotopic (exact) mass is 243 g/mol. The third-order valence-corrected chi connectivity index (χ3v) is 2.09. The summed E-state index contributed by atoms with van der Waals surface area (Å²) in [5.74, 6) is -3.67. The van der Waals surface area contributed by atoms with Crippen LogP contribution < -0.4 is 5.32 Å². The van der Waals surface area contributed by atoms with Crippen molar-refractivity contribution in [2.24, 2.45) is 0 Å². The third kappa shape index (κ3) is 2.99. The Bertz CT molecular complexity index is 428. The number of rotatable bonds is 3. The van der Waals surface area contributed by atoms with E-state index in [4.69, 9.17) is 0 Å². The van der Waals surface area contributed by atoms with Gasteiger partial charge in [0, 0.05) is 0 Å². The number of amides is 1. The van der Waals surface area contributed by atoms with E-state index >= 15 is 0 Å². The molecule has 17 heavy (non-hydrogen) atoms. The molecule has 1 amide bonds. The summed E-state index contributed by atoms with van der Waals surface area (Å²) in [6, 6.07) is 2.08. The molecular weight excluding hydrogens is 232 g/mol. The van der Waals surface area contributed by atoms with Crippen LogP contribution in [-0.2, 0) is 9.53 Å². The molecular formula is C11H11F2NO3. The number of hydrogen-bond donors (Lipinski definition) is 1. The number of carbonyl (C=O) groups is 2. The molecule has 0 saturated carbocycles. The standard InChI is InChI=1S/C11H11F2NO3/c1-6(11(16)17-2)14-10(15)9-7(12)4-3-5-8(9)13/h3-6H,1-2H3,(H,14,15)/t6-/m0/s1. The van der Waals surface area contributed by atoms with Crippen LogP contribution in [0.1, 0.15) is 17.3 Å². The van der Waals surface area contributed by atoms with Gasteiger partial charge in [0.25, 0.3) is 5.91 Å². The van der Waals surface area contributed by atoms with Gasteiger partial charge in [0.2, 0.25) is 0 Å². The Morgan fingerprint density at radius 1 is 1.29 bits per heavy atom. The Kier molecular flexibility index (Phi) is 4.14. The number of nitrogens with one attached hydrogen (secondary N) is 1. The maximum absolute atomic E-state index is 13.2. The maximum atomic E-state index is 13.2. The lowest BCUT2D eigenvalue weighted by molar-refractivity contribution is -0.142. The first kappa shape index (κ1) is 13.1. The molecule has 0 aliphatic rings. The number of halogens is 2. The molecule has 4 nitrogen and oxygen atoms in total. The zero-order valence-corrected chi connectivity index (χ0v) is 9.29. The van der Waals surface area contributed by atoms with Gasteiger partial charge in [-0.25, -0.2) is 13.6 Å². The second-order valence-corrected chi connectivity index (χ2v) is 3.31. The Morgan fingerprint density at radius 3 is 2.29 bits per heavy atom. The Hall–Kier alpha value is -1.98. The van der Waals surface area contributed by atoms with E-state index in [-0.39, 0.29) is 0 Å². The number of esters is 1. The fourth-order valence-corrected chi connectivity index (χ4v) is 1.22. The van der Waals surface area contributed by atoms with Crippen molar-refractivity contribution in [3.8, 4) is 0 Å². The lowest BCUT2D eigenvalue weighted by Crippen LogP contribution is -2.39. The molecule has 0 radical (unpaired) electrons. The van der Waals surface area contributed by atoms with Crippen molar-refractivity contribution in [1.29, 1.82) is 0 Å². The average molecular weight is 243 g/mol. The Morgan fingerprint density at radius 2 is 1.82 bits per heavy atom. The van der Waals surface area contributed by atoms with Crippen molar-refractivity contribution in [2.45, 2.75) is 13.0 Å². The van der Waals surface area contributed by atoms with Crippen LogP contribution in [-0.4, -0.2) is 25.0 Å². The summed E-state index contributed by atoms with van der Waals surface area (Å²) in [5, 5.41) is 2.14. The van der Waals surface area contributed by atoms with Gasteiger partial charge in [-0.2, -0.15) is 0 Å². The normalized spacial score (nSPS) is 11.8. The van der Waals surface area contributed by atoms with Gasteiger partial charge in [0.1, 0.15) is 23.2 Å². The quantitative estimate of drug-likeness (QED) is 0.813. The molecule has 0 bridgehead atoms. The van der Waals surface area contributed by atoms with E-state index in [1.165, 1.54) is 6.92 Å². The van der Waals surface area contributed by atoms with E-state index in [9.17, 15) is 18.4 Å². The summed E-state index contributed by atoms with van der Waals surface area (Å²) in [5.41, 5.74) is -0.719. The van der Waals surface area contributed by atoms with E-state index < -0.39 is 35.1 Å². The maximum Gasteiger partial charge on any atom is 0.328 e. The first-order valence-corrected chi connectivity index (χ1v) is 4.80. The van der Waals surface area contributed by atoms with E-state index in [0.717, 1.165) is 25.3 Å². The number of methoxy groups -OCH3 is 1. The summed E-state index contributed by atoms with van der Waals surface area (Å²) in [6.45, 7) is 1.35. The summed E-state index contributed by atoms with van der Waals surface area (Å²) in [6.07, 6.45) is 0. The second kappa shape index (κ2) is 5.38. The van der Waals surface area contributed by atoms with Gasteiger partial charge < -0.3 is 10.1 Å². The van der Waals surface area contributed by atoms with Gasteiger partial charge in [0.05, 0.1) is 7.11 Å². The molecule has 0 aliphatic carbocycles. The molecule has 0 aliphatic heterocycles. The zero-order valence-electron chi connectivity index (χ0n) is 9.29. The molecule has 0 unspecified atom stereocenters. The van der Waals surface area contributed by atoms with Crippen molar-refractivity contribution in [1.82, 2.24) is 5.32 Å². The highest BCUT2D eigenvalue weighted by Gasteiger charge is 2.21. The van der Waals surface area contributed by atoms with Crippen LogP contribution in [0.3, 0.4) is 0 Å². The minimum atomic E-state index is -1.00. The van der Waals surface area contributed by atoms with Crippen molar-refractivity contribution in [3.63, 3.8) is 0 Å². The van der Waals surface area contributed by atoms with Crippen LogP contribution in [0.2, 0.25) is 0 Å². The highest BCUT2D eigenvalue weighted by atomic mass is 19.1. The molecule has 0 saturated heterocycles. The fourth-order valence-electron chi connectivity index (χ4n) is 1.22. The summed E-state index contributed by atoms with van der Waals surface area (Å²) < 4.78 is 30.8. The predicted molar refractivity (Wildman–Crippen MR) is 55.3 cm³/mol. The van der Waals surface area contributed by atoms with Gasteiger partial charge in [0.15, 0.2) is 0 Å². The number of ether oxygens (including phenoxy) is 1.